The number of amides is 1. The molecule has 1 fully saturated rings. The number of rotatable bonds is 5. The van der Waals surface area contributed by atoms with Crippen LogP contribution in [0.25, 0.3) is 28.3 Å². The van der Waals surface area contributed by atoms with Crippen LogP contribution in [0, 0.1) is 0 Å². The summed E-state index contributed by atoms with van der Waals surface area (Å²) in [6.07, 6.45) is 5.17. The average Bonchev–Trinajstić information content (AvgIpc) is 3.49. The highest BCUT2D eigenvalue weighted by Gasteiger charge is 2.32. The Morgan fingerprint density at radius 3 is 2.97 bits per heavy atom. The quantitative estimate of drug-likeness (QED) is 0.513. The highest BCUT2D eigenvalue weighted by Crippen LogP contribution is 2.36. The Morgan fingerprint density at radius 2 is 2.20 bits per heavy atom. The van der Waals surface area contributed by atoms with E-state index in [2.05, 4.69) is 25.0 Å². The van der Waals surface area contributed by atoms with Crippen LogP contribution < -0.4 is 11.1 Å². The van der Waals surface area contributed by atoms with E-state index in [1.165, 1.54) is 6.20 Å². The second kappa shape index (κ2) is 7.08. The lowest BCUT2D eigenvalue weighted by atomic mass is 10.1. The molecule has 0 unspecified atom stereocenters. The van der Waals surface area contributed by atoms with Gasteiger partial charge in [0.15, 0.2) is 5.65 Å². The summed E-state index contributed by atoms with van der Waals surface area (Å²) in [5, 5.41) is 7.31. The molecular weight excluding hydrogens is 386 g/mol. The highest BCUT2D eigenvalue weighted by molar-refractivity contribution is 5.99. The zero-order valence-electron chi connectivity index (χ0n) is 16.6. The Kier molecular flexibility index (Phi) is 4.37. The number of anilines is 1. The molecule has 3 N–H and O–H groups in total. The number of nitrogens with one attached hydrogen (secondary N) is 1. The van der Waals surface area contributed by atoms with Crippen molar-refractivity contribution >= 4 is 17.4 Å². The molecular formula is C20H21N7O3. The SMILES string of the molecule is CNc1cc(-c2cnc3n([C@@H]4COC[C@H]4OC)cccc2-3)nc2c(C(N)=O)cnn12. The first-order valence-corrected chi connectivity index (χ1v) is 9.55. The van der Waals surface area contributed by atoms with Crippen molar-refractivity contribution in [1.29, 1.82) is 0 Å². The van der Waals surface area contributed by atoms with Gasteiger partial charge in [0, 0.05) is 43.7 Å². The normalized spacial score (nSPS) is 19.0. The third-order valence-electron chi connectivity index (χ3n) is 5.53. The van der Waals surface area contributed by atoms with Gasteiger partial charge in [-0.25, -0.2) is 9.97 Å². The molecule has 1 amide bonds. The van der Waals surface area contributed by atoms with Crippen LogP contribution in [0.1, 0.15) is 16.4 Å². The van der Waals surface area contributed by atoms with E-state index in [0.717, 1.165) is 17.0 Å². The summed E-state index contributed by atoms with van der Waals surface area (Å²) in [7, 11) is 3.47. The maximum atomic E-state index is 11.8. The number of methoxy groups -OCH3 is 1. The molecule has 2 atom stereocenters. The molecule has 0 aliphatic carbocycles. The fraction of sp³-hybridized carbons (Fsp3) is 0.300. The van der Waals surface area contributed by atoms with E-state index in [-0.39, 0.29) is 17.7 Å². The first-order valence-electron chi connectivity index (χ1n) is 9.55. The standard InChI is InChI=1S/C20H21N7O3/c1-22-17-6-14(25-20-13(18(21)28)8-24-27(17)20)12-7-23-19-11(12)4-3-5-26(19)15-9-30-10-16(15)29-2/h3-8,15-16,22H,9-10H2,1-2H3,(H2,21,28)/t15-,16-/m1/s1. The van der Waals surface area contributed by atoms with Crippen LogP contribution >= 0.6 is 0 Å². The molecule has 0 aromatic carbocycles. The van der Waals surface area contributed by atoms with Crippen molar-refractivity contribution in [3.05, 3.63) is 42.4 Å². The summed E-state index contributed by atoms with van der Waals surface area (Å²) in [5.41, 5.74) is 8.62. The van der Waals surface area contributed by atoms with Gasteiger partial charge in [-0.05, 0) is 12.1 Å². The molecule has 2 aromatic rings. The highest BCUT2D eigenvalue weighted by atomic mass is 16.5. The summed E-state index contributed by atoms with van der Waals surface area (Å²) < 4.78 is 14.8. The van der Waals surface area contributed by atoms with Crippen molar-refractivity contribution in [3.63, 3.8) is 0 Å². The van der Waals surface area contributed by atoms with Gasteiger partial charge >= 0.3 is 0 Å². The minimum absolute atomic E-state index is 0.0314. The van der Waals surface area contributed by atoms with Crippen molar-refractivity contribution in [1.82, 2.24) is 24.1 Å². The molecule has 5 heterocycles. The smallest absolute Gasteiger partial charge is 0.254 e. The summed E-state index contributed by atoms with van der Waals surface area (Å²) in [5.74, 6) is 0.928. The number of aromatic nitrogens is 5. The third-order valence-corrected chi connectivity index (χ3v) is 5.53. The predicted octanol–water partition coefficient (Wildman–Crippen LogP) is 1.42. The van der Waals surface area contributed by atoms with E-state index in [4.69, 9.17) is 15.2 Å². The Hall–Kier alpha value is -3.50. The molecule has 0 spiro atoms. The second-order valence-corrected chi connectivity index (χ2v) is 7.14. The van der Waals surface area contributed by atoms with Crippen LogP contribution in [0.4, 0.5) is 5.82 Å². The van der Waals surface area contributed by atoms with E-state index in [1.807, 2.05) is 24.4 Å². The maximum Gasteiger partial charge on any atom is 0.254 e. The maximum absolute atomic E-state index is 11.8. The van der Waals surface area contributed by atoms with Crippen LogP contribution in [0.2, 0.25) is 0 Å². The van der Waals surface area contributed by atoms with Crippen molar-refractivity contribution in [3.8, 4) is 22.6 Å². The number of primary amides is 1. The number of ether oxygens (including phenoxy) is 2. The van der Waals surface area contributed by atoms with E-state index >= 15 is 0 Å². The van der Waals surface area contributed by atoms with Gasteiger partial charge in [-0.3, -0.25) is 4.79 Å². The van der Waals surface area contributed by atoms with Gasteiger partial charge in [0.2, 0.25) is 0 Å². The van der Waals surface area contributed by atoms with E-state index in [0.29, 0.717) is 30.4 Å². The zero-order valence-corrected chi connectivity index (χ0v) is 16.6. The molecule has 0 saturated carbocycles. The minimum atomic E-state index is -0.577. The number of nitrogens with two attached hydrogens (primary N) is 1. The summed E-state index contributed by atoms with van der Waals surface area (Å²) in [6.45, 7) is 1.12. The van der Waals surface area contributed by atoms with Crippen molar-refractivity contribution < 1.29 is 14.3 Å². The van der Waals surface area contributed by atoms with Crippen LogP contribution in [-0.4, -0.2) is 63.5 Å². The van der Waals surface area contributed by atoms with E-state index in [9.17, 15) is 4.79 Å². The van der Waals surface area contributed by atoms with Gasteiger partial charge in [-0.2, -0.15) is 9.61 Å². The molecule has 10 nitrogen and oxygen atoms in total. The van der Waals surface area contributed by atoms with Crippen LogP contribution in [0.15, 0.2) is 36.8 Å². The van der Waals surface area contributed by atoms with Crippen LogP contribution in [0.3, 0.4) is 0 Å². The zero-order chi connectivity index (χ0) is 20.8. The van der Waals surface area contributed by atoms with Gasteiger partial charge in [0.25, 0.3) is 5.91 Å². The largest absolute Gasteiger partial charge is 0.377 e. The summed E-state index contributed by atoms with van der Waals surface area (Å²) >= 11 is 0. The number of pyridine rings is 1. The van der Waals surface area contributed by atoms with Crippen molar-refractivity contribution in [2.45, 2.75) is 12.1 Å². The minimum Gasteiger partial charge on any atom is -0.377 e. The molecule has 5 rings (SSSR count). The van der Waals surface area contributed by atoms with Crippen molar-refractivity contribution in [2.75, 3.05) is 32.7 Å². The number of hydrogen-bond acceptors (Lipinski definition) is 7. The Balaban J connectivity index is 1.64. The lowest BCUT2D eigenvalue weighted by Gasteiger charge is -2.22. The lowest BCUT2D eigenvalue weighted by Crippen LogP contribution is -2.25. The molecule has 3 aliphatic heterocycles. The number of hydrogen-bond donors (Lipinski definition) is 2. The van der Waals surface area contributed by atoms with Gasteiger partial charge < -0.3 is 25.1 Å². The van der Waals surface area contributed by atoms with E-state index in [1.54, 1.807) is 24.9 Å². The van der Waals surface area contributed by atoms with Gasteiger partial charge in [0.1, 0.15) is 23.3 Å². The number of carbonyl (C=O) groups is 1. The monoisotopic (exact) mass is 407 g/mol. The molecule has 0 radical (unpaired) electrons. The molecule has 0 bridgehead atoms. The molecule has 30 heavy (non-hydrogen) atoms. The number of nitrogens with zero attached hydrogens (tertiary/aromatic N) is 5. The Bertz CT molecular complexity index is 1210. The fourth-order valence-corrected chi connectivity index (χ4v) is 3.99. The predicted molar refractivity (Wildman–Crippen MR) is 110 cm³/mol. The van der Waals surface area contributed by atoms with E-state index < -0.39 is 5.91 Å². The van der Waals surface area contributed by atoms with Gasteiger partial charge in [-0.1, -0.05) is 0 Å². The van der Waals surface area contributed by atoms with Gasteiger partial charge in [0.05, 0.1) is 31.1 Å². The van der Waals surface area contributed by atoms with Crippen molar-refractivity contribution in [2.24, 2.45) is 5.73 Å². The summed E-state index contributed by atoms with van der Waals surface area (Å²) in [6, 6.07) is 5.89. The number of fused-ring (bicyclic) bond motifs is 2. The molecule has 10 heteroatoms. The van der Waals surface area contributed by atoms with Crippen LogP contribution in [0.5, 0.6) is 0 Å². The lowest BCUT2D eigenvalue weighted by molar-refractivity contribution is 0.0686. The first kappa shape index (κ1) is 18.5. The second-order valence-electron chi connectivity index (χ2n) is 7.14. The number of carbonyl (C=O) groups excluding carboxylic acids is 1. The first-order chi connectivity index (χ1) is 14.6. The topological polar surface area (TPSA) is 122 Å². The average molecular weight is 407 g/mol. The molecule has 154 valence electrons. The molecule has 2 aromatic heterocycles. The van der Waals surface area contributed by atoms with Crippen LogP contribution in [-0.2, 0) is 9.47 Å². The summed E-state index contributed by atoms with van der Waals surface area (Å²) in [4.78, 5) is 21.1. The van der Waals surface area contributed by atoms with Gasteiger partial charge in [-0.15, -0.1) is 0 Å². The molecule has 1 saturated heterocycles. The fourth-order valence-electron chi connectivity index (χ4n) is 3.99. The third kappa shape index (κ3) is 2.72. The Morgan fingerprint density at radius 1 is 1.33 bits per heavy atom. The molecule has 3 aliphatic rings. The Labute approximate surface area is 172 Å².